The number of rotatable bonds is 3. The lowest BCUT2D eigenvalue weighted by Gasteiger charge is -2.32. The SMILES string of the molecule is CCCC1CCN(C(=O)c2ccc(N)cc2N)CC1. The van der Waals surface area contributed by atoms with Crippen molar-refractivity contribution in [2.45, 2.75) is 32.6 Å². The van der Waals surface area contributed by atoms with Gasteiger partial charge >= 0.3 is 0 Å². The molecule has 4 heteroatoms. The van der Waals surface area contributed by atoms with E-state index in [1.54, 1.807) is 18.2 Å². The maximum atomic E-state index is 12.4. The summed E-state index contributed by atoms with van der Waals surface area (Å²) in [6, 6.07) is 5.11. The number of nitrogen functional groups attached to an aromatic ring is 2. The van der Waals surface area contributed by atoms with Gasteiger partial charge in [0.15, 0.2) is 0 Å². The molecule has 1 aromatic carbocycles. The van der Waals surface area contributed by atoms with Gasteiger partial charge in [0.05, 0.1) is 5.56 Å². The van der Waals surface area contributed by atoms with Crippen LogP contribution in [0.1, 0.15) is 43.0 Å². The maximum absolute atomic E-state index is 12.4. The zero-order valence-corrected chi connectivity index (χ0v) is 11.6. The number of hydrogen-bond donors (Lipinski definition) is 2. The van der Waals surface area contributed by atoms with Gasteiger partial charge < -0.3 is 16.4 Å². The fraction of sp³-hybridized carbons (Fsp3) is 0.533. The van der Waals surface area contributed by atoms with Crippen molar-refractivity contribution in [3.05, 3.63) is 23.8 Å². The lowest BCUT2D eigenvalue weighted by molar-refractivity contribution is 0.0687. The quantitative estimate of drug-likeness (QED) is 0.821. The molecule has 4 nitrogen and oxygen atoms in total. The van der Waals surface area contributed by atoms with Crippen molar-refractivity contribution in [1.82, 2.24) is 4.90 Å². The Kier molecular flexibility index (Phi) is 4.30. The summed E-state index contributed by atoms with van der Waals surface area (Å²) in [5, 5.41) is 0. The van der Waals surface area contributed by atoms with Crippen LogP contribution in [0.25, 0.3) is 0 Å². The fourth-order valence-corrected chi connectivity index (χ4v) is 2.78. The van der Waals surface area contributed by atoms with Crippen LogP contribution in [0, 0.1) is 5.92 Å². The second-order valence-electron chi connectivity index (χ2n) is 5.37. The Morgan fingerprint density at radius 1 is 1.32 bits per heavy atom. The molecule has 0 bridgehead atoms. The zero-order chi connectivity index (χ0) is 13.8. The first-order chi connectivity index (χ1) is 9.11. The minimum absolute atomic E-state index is 0.0347. The summed E-state index contributed by atoms with van der Waals surface area (Å²) in [6.07, 6.45) is 4.71. The number of carbonyl (C=O) groups excluding carboxylic acids is 1. The van der Waals surface area contributed by atoms with Crippen molar-refractivity contribution in [2.75, 3.05) is 24.6 Å². The first kappa shape index (κ1) is 13.7. The first-order valence-electron chi connectivity index (χ1n) is 7.06. The molecule has 0 saturated carbocycles. The lowest BCUT2D eigenvalue weighted by atomic mass is 9.92. The van der Waals surface area contributed by atoms with Gasteiger partial charge in [-0.05, 0) is 37.0 Å². The molecule has 19 heavy (non-hydrogen) atoms. The van der Waals surface area contributed by atoms with Crippen LogP contribution in [0.4, 0.5) is 11.4 Å². The van der Waals surface area contributed by atoms with E-state index in [0.29, 0.717) is 16.9 Å². The van der Waals surface area contributed by atoms with E-state index in [1.165, 1.54) is 12.8 Å². The molecule has 1 aromatic rings. The van der Waals surface area contributed by atoms with Crippen LogP contribution in [-0.4, -0.2) is 23.9 Å². The van der Waals surface area contributed by atoms with Crippen LogP contribution in [0.15, 0.2) is 18.2 Å². The minimum atomic E-state index is 0.0347. The van der Waals surface area contributed by atoms with Crippen LogP contribution in [0.5, 0.6) is 0 Å². The third kappa shape index (κ3) is 3.19. The van der Waals surface area contributed by atoms with E-state index in [1.807, 2.05) is 4.90 Å². The maximum Gasteiger partial charge on any atom is 0.255 e. The molecule has 2 rings (SSSR count). The monoisotopic (exact) mass is 261 g/mol. The fourth-order valence-electron chi connectivity index (χ4n) is 2.78. The number of likely N-dealkylation sites (tertiary alicyclic amines) is 1. The summed E-state index contributed by atoms with van der Waals surface area (Å²) in [7, 11) is 0. The number of nitrogens with two attached hydrogens (primary N) is 2. The highest BCUT2D eigenvalue weighted by Crippen LogP contribution is 2.24. The highest BCUT2D eigenvalue weighted by atomic mass is 16.2. The van der Waals surface area contributed by atoms with E-state index >= 15 is 0 Å². The molecule has 1 aliphatic heterocycles. The Balaban J connectivity index is 2.01. The third-order valence-electron chi connectivity index (χ3n) is 3.90. The Morgan fingerprint density at radius 2 is 2.00 bits per heavy atom. The summed E-state index contributed by atoms with van der Waals surface area (Å²) in [5.74, 6) is 0.810. The van der Waals surface area contributed by atoms with Gasteiger partial charge in [-0.15, -0.1) is 0 Å². The molecular formula is C15H23N3O. The van der Waals surface area contributed by atoms with Crippen molar-refractivity contribution in [2.24, 2.45) is 5.92 Å². The minimum Gasteiger partial charge on any atom is -0.399 e. The normalized spacial score (nSPS) is 16.6. The van der Waals surface area contributed by atoms with Gasteiger partial charge in [0.25, 0.3) is 5.91 Å². The van der Waals surface area contributed by atoms with Crippen LogP contribution in [0.3, 0.4) is 0 Å². The van der Waals surface area contributed by atoms with Crippen LogP contribution in [0.2, 0.25) is 0 Å². The molecular weight excluding hydrogens is 238 g/mol. The van der Waals surface area contributed by atoms with E-state index < -0.39 is 0 Å². The Labute approximate surface area is 114 Å². The van der Waals surface area contributed by atoms with Gasteiger partial charge in [0.2, 0.25) is 0 Å². The predicted octanol–water partition coefficient (Wildman–Crippen LogP) is 2.50. The van der Waals surface area contributed by atoms with Crippen molar-refractivity contribution in [1.29, 1.82) is 0 Å². The van der Waals surface area contributed by atoms with E-state index in [4.69, 9.17) is 11.5 Å². The van der Waals surface area contributed by atoms with Gasteiger partial charge in [-0.25, -0.2) is 0 Å². The van der Waals surface area contributed by atoms with Crippen molar-refractivity contribution in [3.8, 4) is 0 Å². The first-order valence-corrected chi connectivity index (χ1v) is 7.06. The Bertz CT molecular complexity index is 451. The third-order valence-corrected chi connectivity index (χ3v) is 3.90. The van der Waals surface area contributed by atoms with Crippen molar-refractivity contribution >= 4 is 17.3 Å². The Hall–Kier alpha value is -1.71. The molecule has 4 N–H and O–H groups in total. The van der Waals surface area contributed by atoms with Gasteiger partial charge in [-0.2, -0.15) is 0 Å². The average molecular weight is 261 g/mol. The number of hydrogen-bond acceptors (Lipinski definition) is 3. The van der Waals surface area contributed by atoms with Gasteiger partial charge in [-0.3, -0.25) is 4.79 Å². The zero-order valence-electron chi connectivity index (χ0n) is 11.6. The largest absolute Gasteiger partial charge is 0.399 e. The summed E-state index contributed by atoms with van der Waals surface area (Å²) < 4.78 is 0. The van der Waals surface area contributed by atoms with Crippen molar-refractivity contribution < 1.29 is 4.79 Å². The molecule has 0 aromatic heterocycles. The predicted molar refractivity (Wildman–Crippen MR) is 78.8 cm³/mol. The van der Waals surface area contributed by atoms with Gasteiger partial charge in [-0.1, -0.05) is 19.8 Å². The summed E-state index contributed by atoms with van der Waals surface area (Å²) in [5.41, 5.74) is 13.2. The highest BCUT2D eigenvalue weighted by Gasteiger charge is 2.24. The standard InChI is InChI=1S/C15H23N3O/c1-2-3-11-6-8-18(9-7-11)15(19)13-5-4-12(16)10-14(13)17/h4-5,10-11H,2-3,6-9,16-17H2,1H3. The molecule has 1 heterocycles. The number of piperidine rings is 1. The number of benzene rings is 1. The highest BCUT2D eigenvalue weighted by molar-refractivity contribution is 5.99. The lowest BCUT2D eigenvalue weighted by Crippen LogP contribution is -2.38. The Morgan fingerprint density at radius 3 is 2.58 bits per heavy atom. The smallest absolute Gasteiger partial charge is 0.255 e. The van der Waals surface area contributed by atoms with Crippen LogP contribution < -0.4 is 11.5 Å². The molecule has 1 fully saturated rings. The number of carbonyl (C=O) groups is 1. The number of amides is 1. The summed E-state index contributed by atoms with van der Waals surface area (Å²) >= 11 is 0. The molecule has 0 spiro atoms. The molecule has 0 atom stereocenters. The van der Waals surface area contributed by atoms with Crippen LogP contribution in [-0.2, 0) is 0 Å². The molecule has 0 unspecified atom stereocenters. The molecule has 1 amide bonds. The molecule has 104 valence electrons. The average Bonchev–Trinajstić information content (AvgIpc) is 2.39. The number of nitrogens with zero attached hydrogens (tertiary/aromatic N) is 1. The van der Waals surface area contributed by atoms with Crippen LogP contribution >= 0.6 is 0 Å². The van der Waals surface area contributed by atoms with Crippen molar-refractivity contribution in [3.63, 3.8) is 0 Å². The van der Waals surface area contributed by atoms with Gasteiger partial charge in [0, 0.05) is 24.5 Å². The summed E-state index contributed by atoms with van der Waals surface area (Å²) in [6.45, 7) is 3.90. The van der Waals surface area contributed by atoms with E-state index in [-0.39, 0.29) is 5.91 Å². The topological polar surface area (TPSA) is 72.3 Å². The summed E-state index contributed by atoms with van der Waals surface area (Å²) in [4.78, 5) is 14.3. The second kappa shape index (κ2) is 5.95. The molecule has 1 saturated heterocycles. The molecule has 0 radical (unpaired) electrons. The number of anilines is 2. The second-order valence-corrected chi connectivity index (χ2v) is 5.37. The van der Waals surface area contributed by atoms with Gasteiger partial charge in [0.1, 0.15) is 0 Å². The van der Waals surface area contributed by atoms with E-state index in [2.05, 4.69) is 6.92 Å². The van der Waals surface area contributed by atoms with E-state index in [0.717, 1.165) is 31.8 Å². The molecule has 1 aliphatic rings. The van der Waals surface area contributed by atoms with E-state index in [9.17, 15) is 4.79 Å². The molecule has 0 aliphatic carbocycles.